The number of aliphatic hydroxyl groups is 2. The largest absolute Gasteiger partial charge is 0.458 e. The van der Waals surface area contributed by atoms with Gasteiger partial charge in [-0.2, -0.15) is 0 Å². The molecule has 0 aromatic carbocycles. The Kier molecular flexibility index (Phi) is 9.11. The van der Waals surface area contributed by atoms with Crippen molar-refractivity contribution >= 4 is 35.6 Å². The van der Waals surface area contributed by atoms with Crippen molar-refractivity contribution in [2.75, 3.05) is 0 Å². The zero-order valence-electron chi connectivity index (χ0n) is 22.1. The Bertz CT molecular complexity index is 989. The van der Waals surface area contributed by atoms with Crippen molar-refractivity contribution in [3.8, 4) is 0 Å². The first-order chi connectivity index (χ1) is 16.9. The third kappa shape index (κ3) is 6.42. The molecule has 1 aromatic heterocycles. The van der Waals surface area contributed by atoms with Crippen molar-refractivity contribution in [3.63, 3.8) is 0 Å². The van der Waals surface area contributed by atoms with Gasteiger partial charge in [0.15, 0.2) is 0 Å². The predicted octanol–water partition coefficient (Wildman–Crippen LogP) is 3.53. The van der Waals surface area contributed by atoms with E-state index in [4.69, 9.17) is 4.74 Å². The summed E-state index contributed by atoms with van der Waals surface area (Å²) in [6.07, 6.45) is 2.43. The molecule has 36 heavy (non-hydrogen) atoms. The zero-order chi connectivity index (χ0) is 26.8. The lowest BCUT2D eigenvalue weighted by molar-refractivity contribution is -0.154. The first-order valence-electron chi connectivity index (χ1n) is 12.8. The van der Waals surface area contributed by atoms with E-state index in [-0.39, 0.29) is 30.2 Å². The molecule has 2 N–H and O–H groups in total. The summed E-state index contributed by atoms with van der Waals surface area (Å²) in [6.45, 7) is 10.6. The molecule has 0 unspecified atom stereocenters. The second-order valence-electron chi connectivity index (χ2n) is 11.1. The Morgan fingerprint density at radius 2 is 1.92 bits per heavy atom. The number of amides is 1. The van der Waals surface area contributed by atoms with Crippen molar-refractivity contribution in [1.29, 1.82) is 0 Å². The lowest BCUT2D eigenvalue weighted by Gasteiger charge is -2.34. The molecule has 8 nitrogen and oxygen atoms in total. The molecular weight excluding hydrogens is 480 g/mol. The van der Waals surface area contributed by atoms with Crippen LogP contribution in [-0.4, -0.2) is 68.7 Å². The van der Waals surface area contributed by atoms with E-state index in [1.807, 2.05) is 32.2 Å². The molecule has 9 heteroatoms. The van der Waals surface area contributed by atoms with Crippen LogP contribution in [-0.2, 0) is 19.1 Å². The number of carbonyl (C=O) groups excluding carboxylic acids is 3. The van der Waals surface area contributed by atoms with Crippen molar-refractivity contribution < 1.29 is 29.3 Å². The van der Waals surface area contributed by atoms with E-state index >= 15 is 0 Å². The number of aryl methyl sites for hydroxylation is 1. The Labute approximate surface area is 217 Å². The third-order valence-electron chi connectivity index (χ3n) is 7.99. The second kappa shape index (κ2) is 11.5. The van der Waals surface area contributed by atoms with E-state index in [0.29, 0.717) is 6.42 Å². The molecule has 0 bridgehead atoms. The van der Waals surface area contributed by atoms with Gasteiger partial charge in [-0.1, -0.05) is 34.1 Å². The summed E-state index contributed by atoms with van der Waals surface area (Å²) in [4.78, 5) is 44.1. The molecule has 0 radical (unpaired) electrons. The van der Waals surface area contributed by atoms with Gasteiger partial charge >= 0.3 is 5.97 Å². The van der Waals surface area contributed by atoms with E-state index in [1.165, 1.54) is 11.3 Å². The maximum absolute atomic E-state index is 13.2. The molecule has 7 atom stereocenters. The van der Waals surface area contributed by atoms with Crippen LogP contribution in [0.25, 0.3) is 6.08 Å². The van der Waals surface area contributed by atoms with Gasteiger partial charge < -0.3 is 19.8 Å². The van der Waals surface area contributed by atoms with E-state index in [9.17, 15) is 24.6 Å². The SMILES string of the molecule is CC(=Cc1csc(C)n1)[C@H]1C[C@H]2[C@H](CCC[C@@H](C)[C@@H](O)[C@H](C)C(=O)C(C)(C)[C@H](O)CC(=O)O1)N2C=O. The summed E-state index contributed by atoms with van der Waals surface area (Å²) in [5, 5.41) is 24.6. The molecule has 2 aliphatic heterocycles. The van der Waals surface area contributed by atoms with Crippen LogP contribution in [0.15, 0.2) is 11.0 Å². The fraction of sp³-hybridized carbons (Fsp3) is 0.704. The number of ketones is 1. The normalized spacial score (nSPS) is 34.6. The van der Waals surface area contributed by atoms with Crippen molar-refractivity contribution in [1.82, 2.24) is 9.88 Å². The highest BCUT2D eigenvalue weighted by molar-refractivity contribution is 7.09. The molecule has 0 spiro atoms. The predicted molar refractivity (Wildman–Crippen MR) is 138 cm³/mol. The highest BCUT2D eigenvalue weighted by Crippen LogP contribution is 2.38. The van der Waals surface area contributed by atoms with Gasteiger partial charge in [-0.15, -0.1) is 11.3 Å². The van der Waals surface area contributed by atoms with Gasteiger partial charge in [0.05, 0.1) is 46.8 Å². The van der Waals surface area contributed by atoms with Gasteiger partial charge in [0.2, 0.25) is 6.41 Å². The standard InChI is InChI=1S/C27H40N2O6S/c1-15-8-7-9-20-21(29(20)14-30)11-22(16(2)10-19-13-36-18(4)28-19)35-24(32)12-23(31)27(5,6)26(34)17(3)25(15)33/h10,13-15,17,20-23,25,31,33H,7-9,11-12H2,1-6H3/t15-,17+,20+,21+,22-,23-,25-,29?/m1/s1. The summed E-state index contributed by atoms with van der Waals surface area (Å²) in [6, 6.07) is 0.00895. The molecule has 3 rings (SSSR count). The summed E-state index contributed by atoms with van der Waals surface area (Å²) in [7, 11) is 0. The fourth-order valence-corrected chi connectivity index (χ4v) is 5.86. The average molecular weight is 521 g/mol. The topological polar surface area (TPSA) is 117 Å². The number of carbonyl (C=O) groups is 3. The van der Waals surface area contributed by atoms with Gasteiger partial charge in [-0.3, -0.25) is 14.4 Å². The molecule has 2 aliphatic rings. The number of esters is 1. The molecular formula is C27H40N2O6S. The number of hydrogen-bond donors (Lipinski definition) is 2. The molecule has 0 aliphatic carbocycles. The number of thiazole rings is 1. The van der Waals surface area contributed by atoms with Crippen LogP contribution >= 0.6 is 11.3 Å². The molecule has 2 fully saturated rings. The Hall–Kier alpha value is -2.10. The molecule has 2 saturated heterocycles. The van der Waals surface area contributed by atoms with Crippen LogP contribution in [0, 0.1) is 24.2 Å². The first kappa shape index (κ1) is 28.5. The number of nitrogens with zero attached hydrogens (tertiary/aromatic N) is 2. The van der Waals surface area contributed by atoms with E-state index in [1.54, 1.807) is 25.7 Å². The monoisotopic (exact) mass is 520 g/mol. The highest BCUT2D eigenvalue weighted by atomic mass is 32.1. The fourth-order valence-electron chi connectivity index (χ4n) is 5.29. The van der Waals surface area contributed by atoms with Crippen LogP contribution in [0.5, 0.6) is 0 Å². The smallest absolute Gasteiger partial charge is 0.309 e. The summed E-state index contributed by atoms with van der Waals surface area (Å²) in [5.41, 5.74) is 0.359. The molecule has 200 valence electrons. The maximum atomic E-state index is 13.2. The van der Waals surface area contributed by atoms with E-state index in [0.717, 1.165) is 41.9 Å². The quantitative estimate of drug-likeness (QED) is 0.356. The summed E-state index contributed by atoms with van der Waals surface area (Å²) >= 11 is 1.53. The second-order valence-corrected chi connectivity index (χ2v) is 12.1. The Balaban J connectivity index is 1.88. The number of fused-ring (bicyclic) bond motifs is 1. The number of aromatic nitrogens is 1. The maximum Gasteiger partial charge on any atom is 0.309 e. The van der Waals surface area contributed by atoms with Crippen LogP contribution in [0.1, 0.15) is 77.4 Å². The minimum atomic E-state index is -1.26. The number of rotatable bonds is 3. The summed E-state index contributed by atoms with van der Waals surface area (Å²) in [5.74, 6) is -1.70. The average Bonchev–Trinajstić information content (AvgIpc) is 3.32. The summed E-state index contributed by atoms with van der Waals surface area (Å²) < 4.78 is 5.85. The lowest BCUT2D eigenvalue weighted by Crippen LogP contribution is -2.45. The van der Waals surface area contributed by atoms with E-state index in [2.05, 4.69) is 4.98 Å². The van der Waals surface area contributed by atoms with Gasteiger partial charge in [-0.05, 0) is 44.3 Å². The Morgan fingerprint density at radius 1 is 1.22 bits per heavy atom. The number of cyclic esters (lactones) is 1. The van der Waals surface area contributed by atoms with Crippen LogP contribution in [0.2, 0.25) is 0 Å². The third-order valence-corrected chi connectivity index (χ3v) is 8.78. The molecule has 1 amide bonds. The first-order valence-corrected chi connectivity index (χ1v) is 13.7. The van der Waals surface area contributed by atoms with Crippen LogP contribution in [0.3, 0.4) is 0 Å². The lowest BCUT2D eigenvalue weighted by atomic mass is 9.73. The minimum Gasteiger partial charge on any atom is -0.458 e. The Morgan fingerprint density at radius 3 is 2.53 bits per heavy atom. The molecule has 0 saturated carbocycles. The van der Waals surface area contributed by atoms with Crippen LogP contribution in [0.4, 0.5) is 0 Å². The zero-order valence-corrected chi connectivity index (χ0v) is 23.0. The molecule has 1 aromatic rings. The van der Waals surface area contributed by atoms with Crippen molar-refractivity contribution in [2.45, 2.75) is 104 Å². The van der Waals surface area contributed by atoms with Gasteiger partial charge in [0, 0.05) is 17.7 Å². The van der Waals surface area contributed by atoms with Crippen molar-refractivity contribution in [2.24, 2.45) is 17.3 Å². The highest BCUT2D eigenvalue weighted by Gasteiger charge is 2.48. The van der Waals surface area contributed by atoms with Gasteiger partial charge in [0.1, 0.15) is 11.9 Å². The van der Waals surface area contributed by atoms with Gasteiger partial charge in [0.25, 0.3) is 0 Å². The van der Waals surface area contributed by atoms with Crippen LogP contribution < -0.4 is 0 Å². The molecule has 3 heterocycles. The van der Waals surface area contributed by atoms with Crippen molar-refractivity contribution in [3.05, 3.63) is 21.7 Å². The number of aliphatic hydroxyl groups excluding tert-OH is 2. The van der Waals surface area contributed by atoms with E-state index < -0.39 is 35.6 Å². The number of ether oxygens (including phenoxy) is 1. The number of Topliss-reactive ketones (excluding diaryl/α,β-unsaturated/α-hetero) is 1. The van der Waals surface area contributed by atoms with Gasteiger partial charge in [-0.25, -0.2) is 4.98 Å². The number of hydrogen-bond acceptors (Lipinski definition) is 8. The minimum absolute atomic E-state index is 0.0455.